The number of para-hydroxylation sites is 1. The molecule has 2 aliphatic heterocycles. The first kappa shape index (κ1) is 22.9. The molecule has 7 heteroatoms. The third-order valence-electron chi connectivity index (χ3n) is 5.15. The second kappa shape index (κ2) is 9.68. The van der Waals surface area contributed by atoms with Gasteiger partial charge in [0.05, 0.1) is 16.0 Å². The van der Waals surface area contributed by atoms with Gasteiger partial charge in [0.2, 0.25) is 0 Å². The van der Waals surface area contributed by atoms with Crippen LogP contribution >= 0.6 is 12.2 Å². The average Bonchev–Trinajstić information content (AvgIpc) is 3.29. The summed E-state index contributed by atoms with van der Waals surface area (Å²) in [6, 6.07) is 20.7. The van der Waals surface area contributed by atoms with Gasteiger partial charge in [0, 0.05) is 29.4 Å². The molecule has 0 spiro atoms. The van der Waals surface area contributed by atoms with Crippen LogP contribution in [0, 0.1) is 5.82 Å². The molecule has 0 N–H and O–H groups in total. The van der Waals surface area contributed by atoms with E-state index >= 15 is 0 Å². The molecule has 3 aromatic carbocycles. The number of ether oxygens (including phenoxy) is 2. The fourth-order valence-electron chi connectivity index (χ4n) is 3.50. The molecule has 0 saturated heterocycles. The van der Waals surface area contributed by atoms with E-state index in [0.717, 1.165) is 21.8 Å². The highest BCUT2D eigenvalue weighted by molar-refractivity contribution is 7.90. The number of sulfone groups is 1. The van der Waals surface area contributed by atoms with Crippen molar-refractivity contribution in [3.8, 4) is 5.75 Å². The van der Waals surface area contributed by atoms with Crippen molar-refractivity contribution in [2.75, 3.05) is 12.9 Å². The first-order valence-electron chi connectivity index (χ1n) is 10.2. The van der Waals surface area contributed by atoms with Gasteiger partial charge >= 0.3 is 0 Å². The predicted molar refractivity (Wildman–Crippen MR) is 131 cm³/mol. The molecule has 0 radical (unpaired) electrons. The maximum absolute atomic E-state index is 14.5. The lowest BCUT2D eigenvalue weighted by atomic mass is 9.92. The number of halogens is 1. The summed E-state index contributed by atoms with van der Waals surface area (Å²) in [4.78, 5) is 1.12. The van der Waals surface area contributed by atoms with Crippen LogP contribution in [0.25, 0.3) is 11.3 Å². The van der Waals surface area contributed by atoms with Gasteiger partial charge in [-0.15, -0.1) is 0 Å². The van der Waals surface area contributed by atoms with Crippen LogP contribution in [-0.2, 0) is 21.0 Å². The first-order chi connectivity index (χ1) is 15.8. The molecule has 33 heavy (non-hydrogen) atoms. The summed E-state index contributed by atoms with van der Waals surface area (Å²) in [5.41, 5.74) is 2.90. The molecule has 2 aliphatic rings. The van der Waals surface area contributed by atoms with Gasteiger partial charge in [-0.25, -0.2) is 12.8 Å². The van der Waals surface area contributed by atoms with Crippen molar-refractivity contribution < 1.29 is 22.3 Å². The number of allylic oxidation sites excluding steroid dienone is 1. The Morgan fingerprint density at radius 1 is 0.939 bits per heavy atom. The van der Waals surface area contributed by atoms with Crippen molar-refractivity contribution in [2.24, 2.45) is 0 Å². The van der Waals surface area contributed by atoms with Gasteiger partial charge in [-0.05, 0) is 48.0 Å². The van der Waals surface area contributed by atoms with E-state index < -0.39 is 9.84 Å². The van der Waals surface area contributed by atoms with Gasteiger partial charge in [0.1, 0.15) is 23.9 Å². The third-order valence-corrected chi connectivity index (χ3v) is 6.53. The van der Waals surface area contributed by atoms with Crippen LogP contribution in [0.4, 0.5) is 4.39 Å². The molecule has 0 saturated carbocycles. The summed E-state index contributed by atoms with van der Waals surface area (Å²) in [5.74, 6) is 0.944. The molecule has 0 amide bonds. The Morgan fingerprint density at radius 2 is 1.64 bits per heavy atom. The molecular weight excluding hydrogens is 459 g/mol. The van der Waals surface area contributed by atoms with Crippen LogP contribution in [-0.4, -0.2) is 26.1 Å². The zero-order valence-electron chi connectivity index (χ0n) is 17.8. The van der Waals surface area contributed by atoms with Gasteiger partial charge in [-0.2, -0.15) is 0 Å². The third kappa shape index (κ3) is 5.38. The number of thiocarbonyl (C=S) groups is 1. The lowest BCUT2D eigenvalue weighted by Crippen LogP contribution is -2.10. The number of hydrogen-bond donors (Lipinski definition) is 0. The summed E-state index contributed by atoms with van der Waals surface area (Å²) in [7, 11) is -3.29. The molecule has 0 atom stereocenters. The van der Waals surface area contributed by atoms with E-state index in [4.69, 9.17) is 21.7 Å². The van der Waals surface area contributed by atoms with Crippen molar-refractivity contribution in [1.29, 1.82) is 0 Å². The summed E-state index contributed by atoms with van der Waals surface area (Å²) in [6.45, 7) is 0.606. The summed E-state index contributed by atoms with van der Waals surface area (Å²) in [6.07, 6.45) is 5.09. The number of benzene rings is 3. The van der Waals surface area contributed by atoms with Crippen LogP contribution in [0.3, 0.4) is 0 Å². The van der Waals surface area contributed by atoms with E-state index in [9.17, 15) is 12.8 Å². The largest absolute Gasteiger partial charge is 0.496 e. The second-order valence-electron chi connectivity index (χ2n) is 7.55. The van der Waals surface area contributed by atoms with Crippen molar-refractivity contribution in [2.45, 2.75) is 11.3 Å². The van der Waals surface area contributed by atoms with Crippen LogP contribution in [0.15, 0.2) is 90.0 Å². The van der Waals surface area contributed by atoms with E-state index in [-0.39, 0.29) is 10.7 Å². The molecule has 5 rings (SSSR count). The van der Waals surface area contributed by atoms with E-state index in [2.05, 4.69) is 0 Å². The lowest BCUT2D eigenvalue weighted by molar-refractivity contribution is 0.317. The van der Waals surface area contributed by atoms with Gasteiger partial charge in [-0.3, -0.25) is 0 Å². The quantitative estimate of drug-likeness (QED) is 0.455. The van der Waals surface area contributed by atoms with Crippen molar-refractivity contribution in [1.82, 2.24) is 0 Å². The van der Waals surface area contributed by atoms with E-state index in [1.807, 2.05) is 24.3 Å². The molecule has 0 bridgehead atoms. The number of hydrogen-bond acceptors (Lipinski definition) is 5. The number of rotatable bonds is 3. The van der Waals surface area contributed by atoms with Crippen LogP contribution in [0.2, 0.25) is 0 Å². The van der Waals surface area contributed by atoms with Gasteiger partial charge in [-0.1, -0.05) is 48.6 Å². The Morgan fingerprint density at radius 3 is 2.24 bits per heavy atom. The van der Waals surface area contributed by atoms with Crippen molar-refractivity contribution >= 4 is 38.3 Å². The molecule has 0 fully saturated rings. The Balaban J connectivity index is 0.000000376. The van der Waals surface area contributed by atoms with E-state index in [1.54, 1.807) is 54.8 Å². The summed E-state index contributed by atoms with van der Waals surface area (Å²) >= 11 is 4.71. The summed E-state index contributed by atoms with van der Waals surface area (Å²) in [5, 5.41) is 0. The standard InChI is InChI=1S/C22H17FO3S.C4H4OS/c1-27(24,25)17-12-10-15(11-13-17)22-19(18-7-3-4-8-20(18)23)14-16-6-2-5-9-21(16)26-22;6-4-1-2-5-3-4/h2-13H,14H2,1H3;1-2H,3H2. The minimum Gasteiger partial charge on any atom is -0.496 e. The van der Waals surface area contributed by atoms with Crippen molar-refractivity contribution in [3.05, 3.63) is 108 Å². The minimum atomic E-state index is -3.29. The summed E-state index contributed by atoms with van der Waals surface area (Å²) < 4.78 is 48.8. The molecule has 3 aromatic rings. The highest BCUT2D eigenvalue weighted by Crippen LogP contribution is 2.39. The Labute approximate surface area is 197 Å². The SMILES string of the molecule is CS(=O)(=O)c1ccc(C2=C(c3ccccc3F)Cc3ccccc3O2)cc1.S=C1C=COC1. The number of fused-ring (bicyclic) bond motifs is 1. The van der Waals surface area contributed by atoms with Crippen LogP contribution in [0.1, 0.15) is 16.7 Å². The Kier molecular flexibility index (Phi) is 6.72. The van der Waals surface area contributed by atoms with Gasteiger partial charge < -0.3 is 9.47 Å². The second-order valence-corrected chi connectivity index (χ2v) is 10.1. The van der Waals surface area contributed by atoms with Gasteiger partial charge in [0.15, 0.2) is 9.84 Å². The van der Waals surface area contributed by atoms with Crippen LogP contribution in [0.5, 0.6) is 5.75 Å². The van der Waals surface area contributed by atoms with Crippen LogP contribution < -0.4 is 4.74 Å². The molecule has 0 aromatic heterocycles. The predicted octanol–water partition coefficient (Wildman–Crippen LogP) is 5.63. The van der Waals surface area contributed by atoms with Gasteiger partial charge in [0.25, 0.3) is 0 Å². The topological polar surface area (TPSA) is 52.6 Å². The maximum atomic E-state index is 14.5. The van der Waals surface area contributed by atoms with E-state index in [1.165, 1.54) is 12.3 Å². The minimum absolute atomic E-state index is 0.232. The normalized spacial score (nSPS) is 14.7. The highest BCUT2D eigenvalue weighted by Gasteiger charge is 2.24. The molecule has 4 nitrogen and oxygen atoms in total. The lowest BCUT2D eigenvalue weighted by Gasteiger charge is -2.24. The zero-order chi connectivity index (χ0) is 23.4. The molecule has 168 valence electrons. The fourth-order valence-corrected chi connectivity index (χ4v) is 4.26. The first-order valence-corrected chi connectivity index (χ1v) is 12.5. The molecule has 0 aliphatic carbocycles. The fraction of sp³-hybridized carbons (Fsp3) is 0.115. The highest BCUT2D eigenvalue weighted by atomic mass is 32.2. The Bertz CT molecular complexity index is 1360. The van der Waals surface area contributed by atoms with Crippen molar-refractivity contribution in [3.63, 3.8) is 0 Å². The van der Waals surface area contributed by atoms with E-state index in [0.29, 0.717) is 29.9 Å². The molecule has 2 heterocycles. The molecule has 0 unspecified atom stereocenters. The maximum Gasteiger partial charge on any atom is 0.175 e. The average molecular weight is 481 g/mol. The monoisotopic (exact) mass is 480 g/mol. The smallest absolute Gasteiger partial charge is 0.175 e. The Hall–Kier alpha value is -3.29. The molecular formula is C26H21FO4S2. The zero-order valence-corrected chi connectivity index (χ0v) is 19.5.